The first kappa shape index (κ1) is 17.1. The fourth-order valence-electron chi connectivity index (χ4n) is 2.56. The molecule has 23 heavy (non-hydrogen) atoms. The van der Waals surface area contributed by atoms with Crippen LogP contribution in [-0.2, 0) is 17.6 Å². The Balaban J connectivity index is 2.14. The summed E-state index contributed by atoms with van der Waals surface area (Å²) in [4.78, 5) is 12.5. The number of carbonyl (C=O) groups excluding carboxylic acids is 1. The van der Waals surface area contributed by atoms with Crippen molar-refractivity contribution in [3.63, 3.8) is 0 Å². The SMILES string of the molecule is CCc1cccc(CC)c1NC(=O)[C@H](C)Oc1ccccc1C. The first-order valence-corrected chi connectivity index (χ1v) is 8.20. The number of ether oxygens (including phenoxy) is 1. The zero-order valence-corrected chi connectivity index (χ0v) is 14.3. The van der Waals surface area contributed by atoms with Crippen LogP contribution in [0.25, 0.3) is 0 Å². The molecule has 1 atom stereocenters. The molecule has 0 fully saturated rings. The molecule has 2 aromatic rings. The summed E-state index contributed by atoms with van der Waals surface area (Å²) in [5.41, 5.74) is 4.26. The van der Waals surface area contributed by atoms with E-state index >= 15 is 0 Å². The van der Waals surface area contributed by atoms with Crippen molar-refractivity contribution in [2.75, 3.05) is 5.32 Å². The molecule has 0 heterocycles. The van der Waals surface area contributed by atoms with E-state index in [1.54, 1.807) is 6.92 Å². The lowest BCUT2D eigenvalue weighted by Gasteiger charge is -2.19. The molecule has 1 amide bonds. The second-order valence-electron chi connectivity index (χ2n) is 5.67. The van der Waals surface area contributed by atoms with Gasteiger partial charge in [-0.05, 0) is 49.4 Å². The molecule has 0 spiro atoms. The summed E-state index contributed by atoms with van der Waals surface area (Å²) < 4.78 is 5.81. The van der Waals surface area contributed by atoms with Crippen molar-refractivity contribution in [2.45, 2.75) is 46.6 Å². The maximum absolute atomic E-state index is 12.5. The van der Waals surface area contributed by atoms with E-state index in [0.717, 1.165) is 41.0 Å². The summed E-state index contributed by atoms with van der Waals surface area (Å²) in [5.74, 6) is 0.624. The van der Waals surface area contributed by atoms with Gasteiger partial charge in [-0.1, -0.05) is 50.2 Å². The van der Waals surface area contributed by atoms with Crippen molar-refractivity contribution < 1.29 is 9.53 Å². The molecule has 0 radical (unpaired) electrons. The molecule has 0 saturated heterocycles. The van der Waals surface area contributed by atoms with Crippen molar-refractivity contribution >= 4 is 11.6 Å². The predicted octanol–water partition coefficient (Wildman–Crippen LogP) is 4.53. The average molecular weight is 311 g/mol. The third-order valence-corrected chi connectivity index (χ3v) is 4.01. The van der Waals surface area contributed by atoms with Gasteiger partial charge in [0.2, 0.25) is 0 Å². The number of para-hydroxylation sites is 2. The molecule has 0 aromatic heterocycles. The van der Waals surface area contributed by atoms with E-state index in [1.807, 2.05) is 37.3 Å². The van der Waals surface area contributed by atoms with Crippen molar-refractivity contribution in [1.82, 2.24) is 0 Å². The smallest absolute Gasteiger partial charge is 0.265 e. The first-order chi connectivity index (χ1) is 11.1. The van der Waals surface area contributed by atoms with Gasteiger partial charge in [-0.3, -0.25) is 4.79 Å². The summed E-state index contributed by atoms with van der Waals surface area (Å²) in [7, 11) is 0. The lowest BCUT2D eigenvalue weighted by atomic mass is 10.0. The fraction of sp³-hybridized carbons (Fsp3) is 0.350. The Morgan fingerprint density at radius 1 is 1.04 bits per heavy atom. The van der Waals surface area contributed by atoms with Crippen LogP contribution in [0.3, 0.4) is 0 Å². The zero-order valence-electron chi connectivity index (χ0n) is 14.3. The summed E-state index contributed by atoms with van der Waals surface area (Å²) in [6, 6.07) is 13.9. The largest absolute Gasteiger partial charge is 0.481 e. The summed E-state index contributed by atoms with van der Waals surface area (Å²) in [5, 5.41) is 3.06. The predicted molar refractivity (Wildman–Crippen MR) is 95.1 cm³/mol. The Bertz CT molecular complexity index is 657. The van der Waals surface area contributed by atoms with E-state index in [1.165, 1.54) is 0 Å². The Hall–Kier alpha value is -2.29. The van der Waals surface area contributed by atoms with E-state index in [2.05, 4.69) is 31.3 Å². The van der Waals surface area contributed by atoms with Crippen molar-refractivity contribution in [2.24, 2.45) is 0 Å². The highest BCUT2D eigenvalue weighted by atomic mass is 16.5. The van der Waals surface area contributed by atoms with Gasteiger partial charge in [-0.25, -0.2) is 0 Å². The molecule has 0 aliphatic carbocycles. The number of aryl methyl sites for hydroxylation is 3. The lowest BCUT2D eigenvalue weighted by Crippen LogP contribution is -2.31. The number of benzene rings is 2. The second-order valence-corrected chi connectivity index (χ2v) is 5.67. The topological polar surface area (TPSA) is 38.3 Å². The van der Waals surface area contributed by atoms with Crippen LogP contribution in [0.5, 0.6) is 5.75 Å². The Labute approximate surface area is 138 Å². The molecule has 0 bridgehead atoms. The van der Waals surface area contributed by atoms with Gasteiger partial charge in [0.05, 0.1) is 0 Å². The van der Waals surface area contributed by atoms with Gasteiger partial charge in [-0.2, -0.15) is 0 Å². The monoisotopic (exact) mass is 311 g/mol. The molecule has 3 nitrogen and oxygen atoms in total. The van der Waals surface area contributed by atoms with E-state index in [0.29, 0.717) is 0 Å². The zero-order chi connectivity index (χ0) is 16.8. The fourth-order valence-corrected chi connectivity index (χ4v) is 2.56. The summed E-state index contributed by atoms with van der Waals surface area (Å²) in [6.45, 7) is 7.94. The minimum Gasteiger partial charge on any atom is -0.481 e. The molecule has 122 valence electrons. The van der Waals surface area contributed by atoms with Gasteiger partial charge in [0.1, 0.15) is 5.75 Å². The van der Waals surface area contributed by atoms with Crippen LogP contribution in [-0.4, -0.2) is 12.0 Å². The standard InChI is InChI=1S/C20H25NO2/c1-5-16-11-9-12-17(6-2)19(16)21-20(22)15(4)23-18-13-8-7-10-14(18)3/h7-13,15H,5-6H2,1-4H3,(H,21,22)/t15-/m0/s1. The molecule has 2 rings (SSSR count). The lowest BCUT2D eigenvalue weighted by molar-refractivity contribution is -0.122. The number of carbonyl (C=O) groups is 1. The Morgan fingerprint density at radius 2 is 1.65 bits per heavy atom. The van der Waals surface area contributed by atoms with Crippen molar-refractivity contribution in [3.8, 4) is 5.75 Å². The van der Waals surface area contributed by atoms with Crippen LogP contribution in [0.15, 0.2) is 42.5 Å². The van der Waals surface area contributed by atoms with Crippen LogP contribution in [0.1, 0.15) is 37.5 Å². The van der Waals surface area contributed by atoms with Crippen LogP contribution < -0.4 is 10.1 Å². The van der Waals surface area contributed by atoms with Gasteiger partial charge in [0.25, 0.3) is 5.91 Å². The van der Waals surface area contributed by atoms with E-state index in [9.17, 15) is 4.79 Å². The van der Waals surface area contributed by atoms with Crippen LogP contribution in [0.4, 0.5) is 5.69 Å². The summed E-state index contributed by atoms with van der Waals surface area (Å²) in [6.07, 6.45) is 1.22. The molecule has 0 aliphatic rings. The highest BCUT2D eigenvalue weighted by Crippen LogP contribution is 2.23. The maximum Gasteiger partial charge on any atom is 0.265 e. The van der Waals surface area contributed by atoms with Gasteiger partial charge in [0.15, 0.2) is 6.10 Å². The number of anilines is 1. The minimum atomic E-state index is -0.550. The number of nitrogens with one attached hydrogen (secondary N) is 1. The average Bonchev–Trinajstić information content (AvgIpc) is 2.56. The van der Waals surface area contributed by atoms with Crippen molar-refractivity contribution in [1.29, 1.82) is 0 Å². The Morgan fingerprint density at radius 3 is 2.22 bits per heavy atom. The maximum atomic E-state index is 12.5. The minimum absolute atomic E-state index is 0.121. The third kappa shape index (κ3) is 4.13. The van der Waals surface area contributed by atoms with Crippen LogP contribution in [0, 0.1) is 6.92 Å². The third-order valence-electron chi connectivity index (χ3n) is 4.01. The molecule has 2 aromatic carbocycles. The van der Waals surface area contributed by atoms with E-state index in [-0.39, 0.29) is 5.91 Å². The number of rotatable bonds is 6. The van der Waals surface area contributed by atoms with Gasteiger partial charge in [0, 0.05) is 5.69 Å². The van der Waals surface area contributed by atoms with E-state index < -0.39 is 6.10 Å². The molecule has 0 aliphatic heterocycles. The van der Waals surface area contributed by atoms with Crippen molar-refractivity contribution in [3.05, 3.63) is 59.2 Å². The van der Waals surface area contributed by atoms with E-state index in [4.69, 9.17) is 4.74 Å². The second kappa shape index (κ2) is 7.82. The number of amides is 1. The highest BCUT2D eigenvalue weighted by molar-refractivity contribution is 5.95. The van der Waals surface area contributed by atoms with Gasteiger partial charge >= 0.3 is 0 Å². The number of hydrogen-bond acceptors (Lipinski definition) is 2. The summed E-state index contributed by atoms with van der Waals surface area (Å²) >= 11 is 0. The van der Waals surface area contributed by atoms with Crippen LogP contribution >= 0.6 is 0 Å². The van der Waals surface area contributed by atoms with Gasteiger partial charge in [-0.15, -0.1) is 0 Å². The molecule has 0 unspecified atom stereocenters. The highest BCUT2D eigenvalue weighted by Gasteiger charge is 2.18. The number of hydrogen-bond donors (Lipinski definition) is 1. The Kier molecular flexibility index (Phi) is 5.80. The first-order valence-electron chi connectivity index (χ1n) is 8.20. The normalized spacial score (nSPS) is 11.8. The molecule has 3 heteroatoms. The van der Waals surface area contributed by atoms with Crippen LogP contribution in [0.2, 0.25) is 0 Å². The molecule has 1 N–H and O–H groups in total. The quantitative estimate of drug-likeness (QED) is 0.851. The van der Waals surface area contributed by atoms with Gasteiger partial charge < -0.3 is 10.1 Å². The molecular formula is C20H25NO2. The molecule has 0 saturated carbocycles. The molecular weight excluding hydrogens is 286 g/mol.